The Morgan fingerprint density at radius 3 is 2.75 bits per heavy atom. The zero-order valence-electron chi connectivity index (χ0n) is 8.48. The molecule has 0 bridgehead atoms. The average Bonchev–Trinajstić information content (AvgIpc) is 2.78. The lowest BCUT2D eigenvalue weighted by Crippen LogP contribution is -1.94. The average molecular weight is 253 g/mol. The quantitative estimate of drug-likeness (QED) is 0.760. The summed E-state index contributed by atoms with van der Waals surface area (Å²) in [7, 11) is 0. The smallest absolute Gasteiger partial charge is 0.115 e. The van der Waals surface area contributed by atoms with Gasteiger partial charge in [-0.3, -0.25) is 4.57 Å². The minimum absolute atomic E-state index is 0.388. The molecule has 0 aliphatic rings. The molecule has 0 unspecified atom stereocenters. The number of alkyl halides is 1. The highest BCUT2D eigenvalue weighted by atomic mass is 35.5. The van der Waals surface area contributed by atoms with Crippen molar-refractivity contribution in [2.24, 2.45) is 0 Å². The van der Waals surface area contributed by atoms with Gasteiger partial charge in [-0.25, -0.2) is 4.98 Å². The van der Waals surface area contributed by atoms with E-state index in [1.54, 1.807) is 17.1 Å². The van der Waals surface area contributed by atoms with E-state index in [4.69, 9.17) is 23.2 Å². The molecular weight excluding hydrogens is 243 g/mol. The molecule has 0 atom stereocenters. The lowest BCUT2D eigenvalue weighted by atomic mass is 10.2. The number of nitrogens with zero attached hydrogens (tertiary/aromatic N) is 2. The summed E-state index contributed by atoms with van der Waals surface area (Å²) in [6, 6.07) is 9.87. The van der Waals surface area contributed by atoms with Gasteiger partial charge in [-0.2, -0.15) is 0 Å². The van der Waals surface area contributed by atoms with E-state index >= 15 is 0 Å². The monoisotopic (exact) mass is 252 g/mol. The summed E-state index contributed by atoms with van der Waals surface area (Å²) in [5.74, 6) is 0.388. The normalized spacial score (nSPS) is 11.8. The molecule has 0 aliphatic heterocycles. The van der Waals surface area contributed by atoms with Crippen molar-refractivity contribution in [2.75, 3.05) is 0 Å². The van der Waals surface area contributed by atoms with Crippen molar-refractivity contribution in [1.82, 2.24) is 9.55 Å². The first kappa shape index (κ1) is 11.2. The van der Waals surface area contributed by atoms with Gasteiger partial charge in [0.1, 0.15) is 11.5 Å². The summed E-state index contributed by atoms with van der Waals surface area (Å²) in [6.45, 7) is 0. The van der Waals surface area contributed by atoms with E-state index in [1.165, 1.54) is 0 Å². The first-order valence-electron chi connectivity index (χ1n) is 4.81. The fraction of sp³-hybridized carbons (Fsp3) is 0.0833. The Morgan fingerprint density at radius 1 is 1.31 bits per heavy atom. The highest BCUT2D eigenvalue weighted by Gasteiger charge is 2.03. The van der Waals surface area contributed by atoms with Gasteiger partial charge in [0.15, 0.2) is 0 Å². The summed E-state index contributed by atoms with van der Waals surface area (Å²) in [5, 5.41) is 0.583. The third-order valence-electron chi connectivity index (χ3n) is 2.17. The van der Waals surface area contributed by atoms with Gasteiger partial charge in [-0.05, 0) is 11.6 Å². The van der Waals surface area contributed by atoms with Crippen LogP contribution < -0.4 is 0 Å². The second-order valence-electron chi connectivity index (χ2n) is 3.27. The van der Waals surface area contributed by atoms with Gasteiger partial charge < -0.3 is 0 Å². The van der Waals surface area contributed by atoms with E-state index < -0.39 is 0 Å². The summed E-state index contributed by atoms with van der Waals surface area (Å²) in [5.41, 5.74) is 1.92. The van der Waals surface area contributed by atoms with E-state index in [1.807, 2.05) is 36.4 Å². The molecule has 1 heterocycles. The Balaban J connectivity index is 2.32. The van der Waals surface area contributed by atoms with Crippen molar-refractivity contribution >= 4 is 34.4 Å². The fourth-order valence-corrected chi connectivity index (χ4v) is 1.85. The molecule has 2 aromatic rings. The Hall–Kier alpha value is -1.25. The van der Waals surface area contributed by atoms with Crippen LogP contribution in [-0.2, 0) is 5.88 Å². The fourth-order valence-electron chi connectivity index (χ4n) is 1.37. The standard InChI is InChI=1S/C12H10Cl2N2/c13-7-11-8-15-9-16(11)12(14)6-10-4-2-1-3-5-10/h1-6,8-9H,7H2. The number of hydrogen-bond donors (Lipinski definition) is 0. The number of benzene rings is 1. The molecule has 0 radical (unpaired) electrons. The maximum absolute atomic E-state index is 6.19. The Morgan fingerprint density at radius 2 is 2.06 bits per heavy atom. The van der Waals surface area contributed by atoms with Gasteiger partial charge in [0, 0.05) is 6.20 Å². The first-order chi connectivity index (χ1) is 7.81. The van der Waals surface area contributed by atoms with E-state index in [0.717, 1.165) is 11.3 Å². The van der Waals surface area contributed by atoms with Crippen molar-refractivity contribution in [3.63, 3.8) is 0 Å². The van der Waals surface area contributed by atoms with Gasteiger partial charge in [-0.1, -0.05) is 41.9 Å². The van der Waals surface area contributed by atoms with E-state index in [9.17, 15) is 0 Å². The third kappa shape index (κ3) is 2.46. The first-order valence-corrected chi connectivity index (χ1v) is 5.72. The summed E-state index contributed by atoms with van der Waals surface area (Å²) >= 11 is 12.0. The maximum Gasteiger partial charge on any atom is 0.115 e. The molecule has 0 N–H and O–H groups in total. The van der Waals surface area contributed by atoms with Crippen molar-refractivity contribution in [3.05, 3.63) is 54.1 Å². The van der Waals surface area contributed by atoms with Gasteiger partial charge in [0.2, 0.25) is 0 Å². The lowest BCUT2D eigenvalue weighted by Gasteiger charge is -2.03. The molecule has 2 rings (SSSR count). The zero-order chi connectivity index (χ0) is 11.4. The topological polar surface area (TPSA) is 17.8 Å². The van der Waals surface area contributed by atoms with Crippen LogP contribution in [0.15, 0.2) is 42.9 Å². The van der Waals surface area contributed by atoms with E-state index in [-0.39, 0.29) is 0 Å². The molecule has 82 valence electrons. The molecule has 0 fully saturated rings. The van der Waals surface area contributed by atoms with Crippen LogP contribution in [0.3, 0.4) is 0 Å². The van der Waals surface area contributed by atoms with E-state index in [2.05, 4.69) is 4.98 Å². The molecule has 1 aromatic carbocycles. The molecule has 2 nitrogen and oxygen atoms in total. The molecule has 4 heteroatoms. The second-order valence-corrected chi connectivity index (χ2v) is 3.92. The summed E-state index contributed by atoms with van der Waals surface area (Å²) < 4.78 is 1.77. The van der Waals surface area contributed by atoms with E-state index in [0.29, 0.717) is 11.0 Å². The number of halogens is 2. The van der Waals surface area contributed by atoms with Gasteiger partial charge in [0.25, 0.3) is 0 Å². The SMILES string of the molecule is ClCc1cncn1C(Cl)=Cc1ccccc1. The molecular formula is C12H10Cl2N2. The summed E-state index contributed by atoms with van der Waals surface area (Å²) in [6.07, 6.45) is 5.23. The van der Waals surface area contributed by atoms with Crippen LogP contribution in [-0.4, -0.2) is 9.55 Å². The van der Waals surface area contributed by atoms with Gasteiger partial charge in [-0.15, -0.1) is 11.6 Å². The highest BCUT2D eigenvalue weighted by molar-refractivity contribution is 6.47. The van der Waals surface area contributed by atoms with Gasteiger partial charge in [0.05, 0.1) is 11.6 Å². The van der Waals surface area contributed by atoms with Crippen LogP contribution in [0.5, 0.6) is 0 Å². The molecule has 16 heavy (non-hydrogen) atoms. The number of aromatic nitrogens is 2. The van der Waals surface area contributed by atoms with Crippen molar-refractivity contribution in [1.29, 1.82) is 0 Å². The van der Waals surface area contributed by atoms with Crippen molar-refractivity contribution in [3.8, 4) is 0 Å². The molecule has 0 saturated carbocycles. The predicted molar refractivity (Wildman–Crippen MR) is 68.2 cm³/mol. The Bertz CT molecular complexity index is 489. The van der Waals surface area contributed by atoms with Crippen LogP contribution in [0, 0.1) is 0 Å². The largest absolute Gasteiger partial charge is 0.292 e. The molecule has 0 aliphatic carbocycles. The number of imidazole rings is 1. The molecule has 0 amide bonds. The lowest BCUT2D eigenvalue weighted by molar-refractivity contribution is 1.05. The van der Waals surface area contributed by atoms with Crippen molar-refractivity contribution < 1.29 is 0 Å². The minimum Gasteiger partial charge on any atom is -0.292 e. The van der Waals surface area contributed by atoms with Crippen LogP contribution in [0.4, 0.5) is 0 Å². The zero-order valence-corrected chi connectivity index (χ0v) is 9.99. The molecule has 1 aromatic heterocycles. The van der Waals surface area contributed by atoms with Crippen LogP contribution in [0.25, 0.3) is 11.2 Å². The van der Waals surface area contributed by atoms with Crippen molar-refractivity contribution in [2.45, 2.75) is 5.88 Å². The maximum atomic E-state index is 6.19. The second kappa shape index (κ2) is 5.19. The minimum atomic E-state index is 0.388. The molecule has 0 spiro atoms. The summed E-state index contributed by atoms with van der Waals surface area (Å²) in [4.78, 5) is 4.01. The van der Waals surface area contributed by atoms with Crippen LogP contribution in [0.2, 0.25) is 0 Å². The van der Waals surface area contributed by atoms with Crippen LogP contribution >= 0.6 is 23.2 Å². The van der Waals surface area contributed by atoms with Crippen LogP contribution in [0.1, 0.15) is 11.3 Å². The highest BCUT2D eigenvalue weighted by Crippen LogP contribution is 2.18. The van der Waals surface area contributed by atoms with Gasteiger partial charge >= 0.3 is 0 Å². The molecule has 0 saturated heterocycles. The Labute approximate surface area is 104 Å². The number of hydrogen-bond acceptors (Lipinski definition) is 1. The third-order valence-corrected chi connectivity index (χ3v) is 2.73. The number of rotatable bonds is 3. The Kier molecular flexibility index (Phi) is 3.65. The predicted octanol–water partition coefficient (Wildman–Crippen LogP) is 3.82.